The lowest BCUT2D eigenvalue weighted by atomic mass is 10.1. The zero-order valence-electron chi connectivity index (χ0n) is 15.2. The van der Waals surface area contributed by atoms with E-state index in [1.54, 1.807) is 19.1 Å². The van der Waals surface area contributed by atoms with Crippen LogP contribution >= 0.6 is 0 Å². The number of carbonyl (C=O) groups is 1. The van der Waals surface area contributed by atoms with Gasteiger partial charge in [0.25, 0.3) is 5.91 Å². The van der Waals surface area contributed by atoms with Crippen molar-refractivity contribution in [2.45, 2.75) is 11.8 Å². The number of hydrogen-bond acceptors (Lipinski definition) is 6. The molecule has 26 heavy (non-hydrogen) atoms. The lowest BCUT2D eigenvalue weighted by molar-refractivity contribution is 0.102. The number of ether oxygens (including phenoxy) is 3. The molecule has 0 aliphatic heterocycles. The van der Waals surface area contributed by atoms with E-state index in [1.807, 2.05) is 0 Å². The highest BCUT2D eigenvalue weighted by molar-refractivity contribution is 7.90. The Hall–Kier alpha value is -2.74. The molecule has 0 bridgehead atoms. The van der Waals surface area contributed by atoms with E-state index in [1.165, 1.54) is 39.5 Å². The summed E-state index contributed by atoms with van der Waals surface area (Å²) < 4.78 is 39.2. The van der Waals surface area contributed by atoms with Gasteiger partial charge in [-0.05, 0) is 24.6 Å². The van der Waals surface area contributed by atoms with Crippen molar-refractivity contribution in [2.24, 2.45) is 0 Å². The molecule has 8 heteroatoms. The Morgan fingerprint density at radius 1 is 0.923 bits per heavy atom. The summed E-state index contributed by atoms with van der Waals surface area (Å²) in [5, 5.41) is 2.72. The van der Waals surface area contributed by atoms with E-state index in [2.05, 4.69) is 5.32 Å². The van der Waals surface area contributed by atoms with Crippen LogP contribution in [0, 0.1) is 6.92 Å². The van der Waals surface area contributed by atoms with E-state index in [9.17, 15) is 13.2 Å². The van der Waals surface area contributed by atoms with Crippen LogP contribution in [-0.4, -0.2) is 41.9 Å². The van der Waals surface area contributed by atoms with Crippen molar-refractivity contribution >= 4 is 21.4 Å². The minimum Gasteiger partial charge on any atom is -0.496 e. The summed E-state index contributed by atoms with van der Waals surface area (Å²) in [5.74, 6) is 0.643. The maximum absolute atomic E-state index is 12.7. The first kappa shape index (κ1) is 19.6. The van der Waals surface area contributed by atoms with Gasteiger partial charge in [0.05, 0.1) is 31.8 Å². The lowest BCUT2D eigenvalue weighted by Gasteiger charge is -2.15. The summed E-state index contributed by atoms with van der Waals surface area (Å²) in [6.07, 6.45) is 1.11. The van der Waals surface area contributed by atoms with Crippen molar-refractivity contribution < 1.29 is 27.4 Å². The van der Waals surface area contributed by atoms with Gasteiger partial charge in [-0.15, -0.1) is 0 Å². The molecule has 0 radical (unpaired) electrons. The third-order valence-electron chi connectivity index (χ3n) is 3.84. The average molecular weight is 379 g/mol. The van der Waals surface area contributed by atoms with E-state index >= 15 is 0 Å². The van der Waals surface area contributed by atoms with Crippen molar-refractivity contribution in [3.63, 3.8) is 0 Å². The first-order chi connectivity index (χ1) is 12.2. The SMILES string of the molecule is COc1cc(OC)c(C(=O)Nc2cc(S(C)(=O)=O)ccc2C)cc1OC. The Balaban J connectivity index is 2.45. The van der Waals surface area contributed by atoms with Crippen LogP contribution in [0.25, 0.3) is 0 Å². The number of hydrogen-bond donors (Lipinski definition) is 1. The molecule has 0 unspecified atom stereocenters. The van der Waals surface area contributed by atoms with Gasteiger partial charge in [0.1, 0.15) is 5.75 Å². The van der Waals surface area contributed by atoms with Gasteiger partial charge in [0.2, 0.25) is 0 Å². The predicted molar refractivity (Wildman–Crippen MR) is 98.3 cm³/mol. The molecular formula is C18H21NO6S. The summed E-state index contributed by atoms with van der Waals surface area (Å²) in [5.41, 5.74) is 1.36. The van der Waals surface area contributed by atoms with Crippen molar-refractivity contribution in [3.05, 3.63) is 41.5 Å². The zero-order chi connectivity index (χ0) is 19.5. The summed E-state index contributed by atoms with van der Waals surface area (Å²) >= 11 is 0. The number of rotatable bonds is 6. The highest BCUT2D eigenvalue weighted by atomic mass is 32.2. The number of sulfone groups is 1. The quantitative estimate of drug-likeness (QED) is 0.830. The number of carbonyl (C=O) groups excluding carboxylic acids is 1. The maximum atomic E-state index is 12.7. The van der Waals surface area contributed by atoms with Gasteiger partial charge in [-0.3, -0.25) is 4.79 Å². The predicted octanol–water partition coefficient (Wildman–Crippen LogP) is 2.68. The van der Waals surface area contributed by atoms with Gasteiger partial charge in [-0.25, -0.2) is 8.42 Å². The monoisotopic (exact) mass is 379 g/mol. The van der Waals surface area contributed by atoms with Crippen molar-refractivity contribution in [3.8, 4) is 17.2 Å². The average Bonchev–Trinajstić information content (AvgIpc) is 2.61. The highest BCUT2D eigenvalue weighted by Gasteiger charge is 2.19. The summed E-state index contributed by atoms with van der Waals surface area (Å²) in [4.78, 5) is 12.9. The molecule has 0 saturated carbocycles. The van der Waals surface area contributed by atoms with Crippen LogP contribution in [0.15, 0.2) is 35.2 Å². The first-order valence-corrected chi connectivity index (χ1v) is 9.52. The summed E-state index contributed by atoms with van der Waals surface area (Å²) in [7, 11) is 0.998. The second-order valence-electron chi connectivity index (χ2n) is 5.61. The fraction of sp³-hybridized carbons (Fsp3) is 0.278. The smallest absolute Gasteiger partial charge is 0.259 e. The van der Waals surface area contributed by atoms with Crippen molar-refractivity contribution in [1.29, 1.82) is 0 Å². The van der Waals surface area contributed by atoms with E-state index in [0.29, 0.717) is 22.9 Å². The number of methoxy groups -OCH3 is 3. The molecule has 0 aliphatic carbocycles. The molecule has 2 aromatic carbocycles. The molecule has 0 aromatic heterocycles. The Kier molecular flexibility index (Phi) is 5.76. The van der Waals surface area contributed by atoms with Gasteiger partial charge < -0.3 is 19.5 Å². The molecular weight excluding hydrogens is 358 g/mol. The van der Waals surface area contributed by atoms with Crippen molar-refractivity contribution in [1.82, 2.24) is 0 Å². The second kappa shape index (κ2) is 7.65. The van der Waals surface area contributed by atoms with Crippen LogP contribution < -0.4 is 19.5 Å². The third kappa shape index (κ3) is 4.08. The molecule has 0 heterocycles. The maximum Gasteiger partial charge on any atom is 0.259 e. The first-order valence-electron chi connectivity index (χ1n) is 7.63. The fourth-order valence-corrected chi connectivity index (χ4v) is 3.01. The zero-order valence-corrected chi connectivity index (χ0v) is 16.1. The van der Waals surface area contributed by atoms with Gasteiger partial charge in [-0.2, -0.15) is 0 Å². The number of nitrogens with one attached hydrogen (secondary N) is 1. The molecule has 0 aliphatic rings. The van der Waals surface area contributed by atoms with Crippen LogP contribution in [0.2, 0.25) is 0 Å². The molecule has 2 rings (SSSR count). The van der Waals surface area contributed by atoms with Crippen LogP contribution in [0.1, 0.15) is 15.9 Å². The van der Waals surface area contributed by atoms with Crippen LogP contribution in [-0.2, 0) is 9.84 Å². The standard InChI is InChI=1S/C18H21NO6S/c1-11-6-7-12(26(5,21)22)8-14(11)19-18(20)13-9-16(24-3)17(25-4)10-15(13)23-2/h6-10H,1-5H3,(H,19,20). The van der Waals surface area contributed by atoms with Crippen LogP contribution in [0.3, 0.4) is 0 Å². The molecule has 0 fully saturated rings. The molecule has 7 nitrogen and oxygen atoms in total. The molecule has 1 N–H and O–H groups in total. The highest BCUT2D eigenvalue weighted by Crippen LogP contribution is 2.35. The largest absolute Gasteiger partial charge is 0.496 e. The normalized spacial score (nSPS) is 11.0. The molecule has 0 spiro atoms. The summed E-state index contributed by atoms with van der Waals surface area (Å²) in [6.45, 7) is 1.77. The van der Waals surface area contributed by atoms with E-state index in [4.69, 9.17) is 14.2 Å². The van der Waals surface area contributed by atoms with Gasteiger partial charge in [0, 0.05) is 24.1 Å². The number of amides is 1. The molecule has 1 amide bonds. The Morgan fingerprint density at radius 2 is 1.50 bits per heavy atom. The Morgan fingerprint density at radius 3 is 2.04 bits per heavy atom. The third-order valence-corrected chi connectivity index (χ3v) is 4.95. The van der Waals surface area contributed by atoms with Crippen molar-refractivity contribution in [2.75, 3.05) is 32.9 Å². The minimum absolute atomic E-state index is 0.123. The topological polar surface area (TPSA) is 90.9 Å². The minimum atomic E-state index is -3.39. The van der Waals surface area contributed by atoms with Gasteiger partial charge >= 0.3 is 0 Å². The van der Waals surface area contributed by atoms with E-state index in [0.717, 1.165) is 11.8 Å². The number of anilines is 1. The van der Waals surface area contributed by atoms with Gasteiger partial charge in [-0.1, -0.05) is 6.07 Å². The lowest BCUT2D eigenvalue weighted by Crippen LogP contribution is -2.15. The number of benzene rings is 2. The van der Waals surface area contributed by atoms with Crippen LogP contribution in [0.4, 0.5) is 5.69 Å². The second-order valence-corrected chi connectivity index (χ2v) is 7.63. The number of aryl methyl sites for hydroxylation is 1. The van der Waals surface area contributed by atoms with E-state index < -0.39 is 15.7 Å². The Bertz CT molecular complexity index is 937. The van der Waals surface area contributed by atoms with E-state index in [-0.39, 0.29) is 10.5 Å². The molecule has 0 saturated heterocycles. The molecule has 2 aromatic rings. The molecule has 140 valence electrons. The fourth-order valence-electron chi connectivity index (χ4n) is 2.36. The van der Waals surface area contributed by atoms with Gasteiger partial charge in [0.15, 0.2) is 21.3 Å². The Labute approximate surface area is 152 Å². The molecule has 0 atom stereocenters. The summed E-state index contributed by atoms with van der Waals surface area (Å²) in [6, 6.07) is 7.61. The van der Waals surface area contributed by atoms with Crippen LogP contribution in [0.5, 0.6) is 17.2 Å².